The Bertz CT molecular complexity index is 504. The topological polar surface area (TPSA) is 109 Å². The first kappa shape index (κ1) is 12.7. The molecule has 0 spiro atoms. The van der Waals surface area contributed by atoms with E-state index in [0.29, 0.717) is 0 Å². The van der Waals surface area contributed by atoms with Crippen LogP contribution >= 0.6 is 11.6 Å². The quantitative estimate of drug-likeness (QED) is 0.760. The lowest BCUT2D eigenvalue weighted by Crippen LogP contribution is -2.32. The number of nitrogens with zero attached hydrogens (tertiary/aromatic N) is 2. The number of sulfonamides is 1. The number of halogens is 1. The van der Waals surface area contributed by atoms with E-state index in [1.54, 1.807) is 0 Å². The molecule has 1 atom stereocenters. The van der Waals surface area contributed by atoms with Crippen LogP contribution in [0.3, 0.4) is 0 Å². The summed E-state index contributed by atoms with van der Waals surface area (Å²) in [7, 11) is -4.03. The van der Waals surface area contributed by atoms with Crippen molar-refractivity contribution in [3.8, 4) is 0 Å². The molecule has 1 aromatic rings. The fraction of sp³-hybridized carbons (Fsp3) is 0.286. The second kappa shape index (κ2) is 4.62. The predicted octanol–water partition coefficient (Wildman–Crippen LogP) is 0.345. The molecule has 0 amide bonds. The molecule has 0 radical (unpaired) electrons. The molecule has 2 N–H and O–H groups in total. The Morgan fingerprint density at radius 2 is 2.25 bits per heavy atom. The van der Waals surface area contributed by atoms with Crippen LogP contribution in [0.25, 0.3) is 0 Å². The summed E-state index contributed by atoms with van der Waals surface area (Å²) in [6.07, 6.45) is 1.25. The molecule has 0 aliphatic carbocycles. The van der Waals surface area contributed by atoms with Crippen molar-refractivity contribution >= 4 is 33.4 Å². The van der Waals surface area contributed by atoms with Crippen molar-refractivity contribution in [2.24, 2.45) is 0 Å². The molecule has 7 nitrogen and oxygen atoms in total. The van der Waals surface area contributed by atoms with Crippen molar-refractivity contribution in [2.75, 3.05) is 4.72 Å². The fourth-order valence-corrected chi connectivity index (χ4v) is 1.75. The zero-order valence-electron chi connectivity index (χ0n) is 8.08. The molecule has 0 aliphatic heterocycles. The minimum absolute atomic E-state index is 0.0758. The summed E-state index contributed by atoms with van der Waals surface area (Å²) in [6.45, 7) is 1.05. The fourth-order valence-electron chi connectivity index (χ4n) is 0.759. The van der Waals surface area contributed by atoms with Gasteiger partial charge < -0.3 is 5.11 Å². The van der Waals surface area contributed by atoms with Crippen LogP contribution in [0, 0.1) is 0 Å². The summed E-state index contributed by atoms with van der Waals surface area (Å²) < 4.78 is 24.9. The number of rotatable bonds is 4. The van der Waals surface area contributed by atoms with Crippen LogP contribution in [0.15, 0.2) is 12.3 Å². The molecule has 0 aromatic carbocycles. The van der Waals surface area contributed by atoms with Gasteiger partial charge in [0.05, 0.1) is 0 Å². The maximum atomic E-state index is 11.5. The normalized spacial score (nSPS) is 13.1. The average molecular weight is 266 g/mol. The second-order valence-corrected chi connectivity index (χ2v) is 5.18. The van der Waals surface area contributed by atoms with Crippen molar-refractivity contribution < 1.29 is 18.3 Å². The van der Waals surface area contributed by atoms with Gasteiger partial charge in [-0.25, -0.2) is 13.4 Å². The van der Waals surface area contributed by atoms with E-state index in [1.807, 2.05) is 4.72 Å². The summed E-state index contributed by atoms with van der Waals surface area (Å²) >= 11 is 5.44. The lowest BCUT2D eigenvalue weighted by atomic mass is 10.5. The Morgan fingerprint density at radius 1 is 1.62 bits per heavy atom. The zero-order valence-corrected chi connectivity index (χ0v) is 9.66. The van der Waals surface area contributed by atoms with Gasteiger partial charge in [-0.2, -0.15) is 4.98 Å². The third-order valence-corrected chi connectivity index (χ3v) is 3.49. The number of carbonyl (C=O) groups is 1. The molecule has 1 aromatic heterocycles. The molecular formula is C7H8ClN3O4S. The molecule has 0 saturated carbocycles. The van der Waals surface area contributed by atoms with Gasteiger partial charge in [0.1, 0.15) is 5.82 Å². The Kier molecular flexibility index (Phi) is 3.66. The highest BCUT2D eigenvalue weighted by atomic mass is 35.5. The number of hydrogen-bond donors (Lipinski definition) is 2. The molecule has 0 fully saturated rings. The molecule has 9 heteroatoms. The molecule has 0 saturated heterocycles. The maximum Gasteiger partial charge on any atom is 0.323 e. The highest BCUT2D eigenvalue weighted by Crippen LogP contribution is 2.10. The van der Waals surface area contributed by atoms with E-state index in [2.05, 4.69) is 9.97 Å². The molecule has 1 unspecified atom stereocenters. The van der Waals surface area contributed by atoms with E-state index < -0.39 is 21.2 Å². The molecule has 88 valence electrons. The number of aliphatic carboxylic acids is 1. The van der Waals surface area contributed by atoms with Gasteiger partial charge >= 0.3 is 5.97 Å². The largest absolute Gasteiger partial charge is 0.480 e. The van der Waals surface area contributed by atoms with Gasteiger partial charge in [0, 0.05) is 6.20 Å². The third-order valence-electron chi connectivity index (χ3n) is 1.69. The highest BCUT2D eigenvalue weighted by Gasteiger charge is 2.27. The van der Waals surface area contributed by atoms with Gasteiger partial charge in [0.15, 0.2) is 5.25 Å². The monoisotopic (exact) mass is 265 g/mol. The SMILES string of the molecule is CC(C(=O)O)S(=O)(=O)Nc1ccnc(Cl)n1. The first-order valence-corrected chi connectivity index (χ1v) is 5.98. The van der Waals surface area contributed by atoms with Crippen molar-refractivity contribution in [2.45, 2.75) is 12.2 Å². The lowest BCUT2D eigenvalue weighted by Gasteiger charge is -2.09. The minimum Gasteiger partial charge on any atom is -0.480 e. The van der Waals surface area contributed by atoms with E-state index in [9.17, 15) is 13.2 Å². The summed E-state index contributed by atoms with van der Waals surface area (Å²) in [4.78, 5) is 17.6. The first-order chi connectivity index (χ1) is 7.33. The van der Waals surface area contributed by atoms with Crippen molar-refractivity contribution in [1.29, 1.82) is 0 Å². The molecular weight excluding hydrogens is 258 g/mol. The number of carboxylic acids is 1. The number of aromatic nitrogens is 2. The molecule has 1 heterocycles. The highest BCUT2D eigenvalue weighted by molar-refractivity contribution is 7.94. The van der Waals surface area contributed by atoms with Crippen LogP contribution in [0.4, 0.5) is 5.82 Å². The summed E-state index contributed by atoms with van der Waals surface area (Å²) in [5.74, 6) is -1.53. The Labute approximate surface area is 96.5 Å². The third kappa shape index (κ3) is 3.04. The number of anilines is 1. The number of nitrogens with one attached hydrogen (secondary N) is 1. The Hall–Kier alpha value is -1.41. The van der Waals surface area contributed by atoms with Gasteiger partial charge in [-0.15, -0.1) is 0 Å². The maximum absolute atomic E-state index is 11.5. The summed E-state index contributed by atoms with van der Waals surface area (Å²) in [5, 5.41) is 6.85. The molecule has 0 aliphatic rings. The smallest absolute Gasteiger partial charge is 0.323 e. The standard InChI is InChI=1S/C7H8ClN3O4S/c1-4(6(12)13)16(14,15)11-5-2-3-9-7(8)10-5/h2-4H,1H3,(H,12,13)(H,9,10,11). The van der Waals surface area contributed by atoms with Crippen LogP contribution in [0.2, 0.25) is 5.28 Å². The predicted molar refractivity (Wildman–Crippen MR) is 56.7 cm³/mol. The number of hydrogen-bond acceptors (Lipinski definition) is 5. The van der Waals surface area contributed by atoms with E-state index in [1.165, 1.54) is 12.3 Å². The van der Waals surface area contributed by atoms with E-state index in [-0.39, 0.29) is 11.1 Å². The molecule has 0 bridgehead atoms. The van der Waals surface area contributed by atoms with Gasteiger partial charge in [0.25, 0.3) is 0 Å². The second-order valence-electron chi connectivity index (χ2n) is 2.84. The van der Waals surface area contributed by atoms with Gasteiger partial charge in [-0.3, -0.25) is 9.52 Å². The number of carboxylic acid groups (broad SMARTS) is 1. The van der Waals surface area contributed by atoms with Crippen LogP contribution in [0.1, 0.15) is 6.92 Å². The summed E-state index contributed by atoms with van der Waals surface area (Å²) in [5.41, 5.74) is 0. The van der Waals surface area contributed by atoms with Crippen LogP contribution in [0.5, 0.6) is 0 Å². The average Bonchev–Trinajstić information content (AvgIpc) is 2.15. The molecule has 1 rings (SSSR count). The van der Waals surface area contributed by atoms with Crippen LogP contribution in [-0.2, 0) is 14.8 Å². The van der Waals surface area contributed by atoms with Crippen molar-refractivity contribution in [1.82, 2.24) is 9.97 Å². The van der Waals surface area contributed by atoms with E-state index >= 15 is 0 Å². The molecule has 16 heavy (non-hydrogen) atoms. The van der Waals surface area contributed by atoms with Crippen molar-refractivity contribution in [3.63, 3.8) is 0 Å². The van der Waals surface area contributed by atoms with Crippen LogP contribution in [-0.4, -0.2) is 34.7 Å². The first-order valence-electron chi connectivity index (χ1n) is 4.06. The van der Waals surface area contributed by atoms with Crippen LogP contribution < -0.4 is 4.72 Å². The lowest BCUT2D eigenvalue weighted by molar-refractivity contribution is -0.136. The van der Waals surface area contributed by atoms with E-state index in [0.717, 1.165) is 6.92 Å². The van der Waals surface area contributed by atoms with Crippen molar-refractivity contribution in [3.05, 3.63) is 17.5 Å². The van der Waals surface area contributed by atoms with E-state index in [4.69, 9.17) is 16.7 Å². The Balaban J connectivity index is 2.93. The van der Waals surface area contributed by atoms with Gasteiger partial charge in [0.2, 0.25) is 15.3 Å². The van der Waals surface area contributed by atoms with Gasteiger partial charge in [-0.05, 0) is 24.6 Å². The zero-order chi connectivity index (χ0) is 12.3. The van der Waals surface area contributed by atoms with Gasteiger partial charge in [-0.1, -0.05) is 0 Å². The minimum atomic E-state index is -4.03. The Morgan fingerprint density at radius 3 is 2.75 bits per heavy atom. The summed E-state index contributed by atoms with van der Waals surface area (Å²) in [6, 6.07) is 1.26.